The average Bonchev–Trinajstić information content (AvgIpc) is 2.42. The second-order valence-electron chi connectivity index (χ2n) is 7.56. The minimum atomic E-state index is 0.389. The maximum atomic E-state index is 3.91. The maximum Gasteiger partial charge on any atom is 0.0330 e. The number of nitrogens with zero attached hydrogens (tertiary/aromatic N) is 1. The van der Waals surface area contributed by atoms with Crippen molar-refractivity contribution < 1.29 is 0 Å². The summed E-state index contributed by atoms with van der Waals surface area (Å²) < 4.78 is 0. The zero-order valence-corrected chi connectivity index (χ0v) is 14.8. The largest absolute Gasteiger partial charge is 0.312 e. The smallest absolute Gasteiger partial charge is 0.0330 e. The van der Waals surface area contributed by atoms with Gasteiger partial charge in [0.2, 0.25) is 0 Å². The first-order valence-electron chi connectivity index (χ1n) is 8.84. The van der Waals surface area contributed by atoms with Gasteiger partial charge >= 0.3 is 0 Å². The second-order valence-corrected chi connectivity index (χ2v) is 7.56. The Bertz CT molecular complexity index is 264. The highest BCUT2D eigenvalue weighted by Crippen LogP contribution is 2.35. The second kappa shape index (κ2) is 8.38. The molecule has 1 fully saturated rings. The number of rotatable bonds is 8. The van der Waals surface area contributed by atoms with Crippen LogP contribution in [0.1, 0.15) is 72.6 Å². The first kappa shape index (κ1) is 18.0. The Morgan fingerprint density at radius 2 is 1.95 bits per heavy atom. The van der Waals surface area contributed by atoms with Crippen LogP contribution in [0, 0.1) is 11.8 Å². The van der Waals surface area contributed by atoms with Crippen LogP contribution in [0.4, 0.5) is 0 Å². The van der Waals surface area contributed by atoms with E-state index in [-0.39, 0.29) is 0 Å². The molecule has 0 aromatic heterocycles. The molecular weight excluding hydrogens is 244 g/mol. The number of hydrogen-bond donors (Lipinski definition) is 1. The summed E-state index contributed by atoms with van der Waals surface area (Å²) in [6.07, 6.45) is 9.40. The lowest BCUT2D eigenvalue weighted by molar-refractivity contribution is 0.0711. The van der Waals surface area contributed by atoms with E-state index in [0.717, 1.165) is 11.8 Å². The van der Waals surface area contributed by atoms with Crippen molar-refractivity contribution in [2.45, 2.75) is 84.2 Å². The molecule has 0 aromatic carbocycles. The predicted octanol–water partition coefficient (Wildman–Crippen LogP) is 4.30. The molecule has 0 radical (unpaired) electrons. The van der Waals surface area contributed by atoms with Crippen LogP contribution in [0.2, 0.25) is 0 Å². The van der Waals surface area contributed by atoms with Crippen LogP contribution in [0.5, 0.6) is 0 Å². The summed E-state index contributed by atoms with van der Waals surface area (Å²) in [5, 5.41) is 3.91. The van der Waals surface area contributed by atoms with Gasteiger partial charge < -0.3 is 10.2 Å². The quantitative estimate of drug-likeness (QED) is 0.714. The third-order valence-electron chi connectivity index (χ3n) is 5.61. The molecule has 1 saturated carbocycles. The minimum absolute atomic E-state index is 0.389. The molecule has 1 rings (SSSR count). The minimum Gasteiger partial charge on any atom is -0.312 e. The van der Waals surface area contributed by atoms with Crippen LogP contribution in [-0.4, -0.2) is 37.1 Å². The SMILES string of the molecule is CCC(C)CC(CC)NCC1(N(C)C)CCCC(C)C1. The lowest BCUT2D eigenvalue weighted by atomic mass is 9.75. The van der Waals surface area contributed by atoms with Gasteiger partial charge in [-0.15, -0.1) is 0 Å². The molecule has 120 valence electrons. The van der Waals surface area contributed by atoms with Crippen LogP contribution in [0.15, 0.2) is 0 Å². The Kier molecular flexibility index (Phi) is 7.53. The Morgan fingerprint density at radius 3 is 2.45 bits per heavy atom. The summed E-state index contributed by atoms with van der Waals surface area (Å²) >= 11 is 0. The van der Waals surface area contributed by atoms with Crippen LogP contribution < -0.4 is 5.32 Å². The van der Waals surface area contributed by atoms with Crippen molar-refractivity contribution in [1.29, 1.82) is 0 Å². The van der Waals surface area contributed by atoms with E-state index in [1.54, 1.807) is 0 Å². The average molecular weight is 283 g/mol. The van der Waals surface area contributed by atoms with E-state index < -0.39 is 0 Å². The fourth-order valence-electron chi connectivity index (χ4n) is 3.74. The van der Waals surface area contributed by atoms with E-state index in [2.05, 4.69) is 52.0 Å². The topological polar surface area (TPSA) is 15.3 Å². The molecule has 0 spiro atoms. The van der Waals surface area contributed by atoms with Gasteiger partial charge in [-0.05, 0) is 51.6 Å². The van der Waals surface area contributed by atoms with Crippen LogP contribution >= 0.6 is 0 Å². The Morgan fingerprint density at radius 1 is 1.25 bits per heavy atom. The van der Waals surface area contributed by atoms with E-state index >= 15 is 0 Å². The van der Waals surface area contributed by atoms with Gasteiger partial charge in [0, 0.05) is 18.1 Å². The highest BCUT2D eigenvalue weighted by Gasteiger charge is 2.36. The molecule has 1 aliphatic rings. The van der Waals surface area contributed by atoms with Crippen molar-refractivity contribution in [2.24, 2.45) is 11.8 Å². The van der Waals surface area contributed by atoms with Crippen molar-refractivity contribution >= 4 is 0 Å². The molecule has 2 nitrogen and oxygen atoms in total. The van der Waals surface area contributed by atoms with E-state index in [4.69, 9.17) is 0 Å². The fourth-order valence-corrected chi connectivity index (χ4v) is 3.74. The molecule has 0 bridgehead atoms. The third-order valence-corrected chi connectivity index (χ3v) is 5.61. The van der Waals surface area contributed by atoms with E-state index in [9.17, 15) is 0 Å². The van der Waals surface area contributed by atoms with Crippen molar-refractivity contribution in [3.63, 3.8) is 0 Å². The molecular formula is C18H38N2. The molecule has 20 heavy (non-hydrogen) atoms. The third kappa shape index (κ3) is 5.04. The molecule has 0 aliphatic heterocycles. The van der Waals surface area contributed by atoms with Gasteiger partial charge in [-0.3, -0.25) is 0 Å². The summed E-state index contributed by atoms with van der Waals surface area (Å²) in [5.74, 6) is 1.72. The molecule has 4 atom stereocenters. The van der Waals surface area contributed by atoms with Crippen molar-refractivity contribution in [3.05, 3.63) is 0 Å². The summed E-state index contributed by atoms with van der Waals surface area (Å²) in [6, 6.07) is 0.694. The summed E-state index contributed by atoms with van der Waals surface area (Å²) in [6.45, 7) is 10.6. The Hall–Kier alpha value is -0.0800. The first-order valence-corrected chi connectivity index (χ1v) is 8.84. The van der Waals surface area contributed by atoms with E-state index in [1.165, 1.54) is 51.5 Å². The highest BCUT2D eigenvalue weighted by atomic mass is 15.2. The molecule has 4 unspecified atom stereocenters. The zero-order valence-electron chi connectivity index (χ0n) is 14.8. The van der Waals surface area contributed by atoms with Gasteiger partial charge in [0.1, 0.15) is 0 Å². The Labute approximate surface area is 127 Å². The summed E-state index contributed by atoms with van der Waals surface area (Å²) in [5.41, 5.74) is 0.389. The normalized spacial score (nSPS) is 30.4. The van der Waals surface area contributed by atoms with Crippen LogP contribution in [-0.2, 0) is 0 Å². The van der Waals surface area contributed by atoms with E-state index in [1.807, 2.05) is 0 Å². The van der Waals surface area contributed by atoms with Gasteiger partial charge in [0.05, 0.1) is 0 Å². The molecule has 0 saturated heterocycles. The van der Waals surface area contributed by atoms with Gasteiger partial charge in [-0.25, -0.2) is 0 Å². The maximum absolute atomic E-state index is 3.91. The lowest BCUT2D eigenvalue weighted by Gasteiger charge is -2.46. The number of likely N-dealkylation sites (N-methyl/N-ethyl adjacent to an activating group) is 1. The van der Waals surface area contributed by atoms with Gasteiger partial charge in [-0.2, -0.15) is 0 Å². The number of hydrogen-bond acceptors (Lipinski definition) is 2. The lowest BCUT2D eigenvalue weighted by Crippen LogP contribution is -2.55. The zero-order chi connectivity index (χ0) is 15.2. The summed E-state index contributed by atoms with van der Waals surface area (Å²) in [4.78, 5) is 2.49. The molecule has 0 heterocycles. The fraction of sp³-hybridized carbons (Fsp3) is 1.00. The van der Waals surface area contributed by atoms with Gasteiger partial charge in [0.15, 0.2) is 0 Å². The standard InChI is InChI=1S/C18H38N2/c1-7-15(3)12-17(8-2)19-14-18(20(5)6)11-9-10-16(4)13-18/h15-17,19H,7-14H2,1-6H3. The van der Waals surface area contributed by atoms with E-state index in [0.29, 0.717) is 11.6 Å². The van der Waals surface area contributed by atoms with Gasteiger partial charge in [-0.1, -0.05) is 47.0 Å². The van der Waals surface area contributed by atoms with Crippen molar-refractivity contribution in [1.82, 2.24) is 10.2 Å². The van der Waals surface area contributed by atoms with Gasteiger partial charge in [0.25, 0.3) is 0 Å². The monoisotopic (exact) mass is 282 g/mol. The molecule has 0 amide bonds. The van der Waals surface area contributed by atoms with Crippen molar-refractivity contribution in [2.75, 3.05) is 20.6 Å². The number of nitrogens with one attached hydrogen (secondary N) is 1. The highest BCUT2D eigenvalue weighted by molar-refractivity contribution is 4.95. The predicted molar refractivity (Wildman–Crippen MR) is 90.2 cm³/mol. The molecule has 1 aliphatic carbocycles. The van der Waals surface area contributed by atoms with Crippen LogP contribution in [0.25, 0.3) is 0 Å². The van der Waals surface area contributed by atoms with Crippen molar-refractivity contribution in [3.8, 4) is 0 Å². The molecule has 2 heteroatoms. The summed E-state index contributed by atoms with van der Waals surface area (Å²) in [7, 11) is 4.55. The molecule has 0 aromatic rings. The Balaban J connectivity index is 2.57. The molecule has 1 N–H and O–H groups in total. The van der Waals surface area contributed by atoms with Crippen LogP contribution in [0.3, 0.4) is 0 Å². The first-order chi connectivity index (χ1) is 9.43.